The van der Waals surface area contributed by atoms with E-state index in [0.29, 0.717) is 5.02 Å². The number of anilines is 1. The van der Waals surface area contributed by atoms with Gasteiger partial charge in [0.1, 0.15) is 0 Å². The second-order valence-corrected chi connectivity index (χ2v) is 6.42. The topological polar surface area (TPSA) is 41.1 Å². The Bertz CT molecular complexity index is 675. The summed E-state index contributed by atoms with van der Waals surface area (Å²) in [5, 5.41) is 6.75. The molecule has 1 atom stereocenters. The zero-order valence-electron chi connectivity index (χ0n) is 12.5. The van der Waals surface area contributed by atoms with Crippen LogP contribution in [0.1, 0.15) is 24.1 Å². The fraction of sp³-hybridized carbons (Fsp3) is 0.235. The molecule has 0 aromatic heterocycles. The Morgan fingerprint density at radius 1 is 1.27 bits per heavy atom. The van der Waals surface area contributed by atoms with Gasteiger partial charge in [-0.3, -0.25) is 4.79 Å². The quantitative estimate of drug-likeness (QED) is 0.788. The molecule has 0 bridgehead atoms. The number of amides is 1. The molecule has 116 valence electrons. The van der Waals surface area contributed by atoms with Gasteiger partial charge in [0.25, 0.3) is 0 Å². The summed E-state index contributed by atoms with van der Waals surface area (Å²) >= 11 is 9.60. The third-order valence-corrected chi connectivity index (χ3v) is 4.34. The minimum Gasteiger partial charge on any atom is -0.324 e. The first-order valence-corrected chi connectivity index (χ1v) is 8.18. The SMILES string of the molecule is Cc1ccc(NC(=O)CN[C@@H](C)c2ccccc2Cl)c(Br)c1. The van der Waals surface area contributed by atoms with Gasteiger partial charge >= 0.3 is 0 Å². The molecule has 2 N–H and O–H groups in total. The minimum atomic E-state index is -0.0940. The molecule has 1 amide bonds. The van der Waals surface area contributed by atoms with Gasteiger partial charge in [0.2, 0.25) is 5.91 Å². The van der Waals surface area contributed by atoms with Gasteiger partial charge in [0.05, 0.1) is 12.2 Å². The molecule has 0 aliphatic heterocycles. The molecular weight excluding hydrogens is 364 g/mol. The first-order valence-electron chi connectivity index (χ1n) is 7.01. The van der Waals surface area contributed by atoms with Crippen molar-refractivity contribution in [3.8, 4) is 0 Å². The van der Waals surface area contributed by atoms with Crippen LogP contribution in [0.25, 0.3) is 0 Å². The van der Waals surface area contributed by atoms with Crippen molar-refractivity contribution in [1.82, 2.24) is 5.32 Å². The lowest BCUT2D eigenvalue weighted by Crippen LogP contribution is -2.30. The van der Waals surface area contributed by atoms with Crippen molar-refractivity contribution in [1.29, 1.82) is 0 Å². The molecule has 0 saturated carbocycles. The van der Waals surface area contributed by atoms with Gasteiger partial charge in [-0.1, -0.05) is 35.9 Å². The molecule has 0 saturated heterocycles. The summed E-state index contributed by atoms with van der Waals surface area (Å²) in [6.45, 7) is 4.20. The molecule has 2 rings (SSSR count). The fourth-order valence-electron chi connectivity index (χ4n) is 2.10. The lowest BCUT2D eigenvalue weighted by atomic mass is 10.1. The van der Waals surface area contributed by atoms with Gasteiger partial charge in [0, 0.05) is 15.5 Å². The number of carbonyl (C=O) groups excluding carboxylic acids is 1. The van der Waals surface area contributed by atoms with Crippen molar-refractivity contribution in [3.05, 3.63) is 63.1 Å². The summed E-state index contributed by atoms with van der Waals surface area (Å²) in [6.07, 6.45) is 0. The number of halogens is 2. The largest absolute Gasteiger partial charge is 0.324 e. The van der Waals surface area contributed by atoms with Crippen LogP contribution in [0, 0.1) is 6.92 Å². The summed E-state index contributed by atoms with van der Waals surface area (Å²) in [5.74, 6) is -0.0940. The van der Waals surface area contributed by atoms with E-state index in [1.807, 2.05) is 56.3 Å². The van der Waals surface area contributed by atoms with Crippen molar-refractivity contribution in [2.75, 3.05) is 11.9 Å². The average molecular weight is 382 g/mol. The second-order valence-electron chi connectivity index (χ2n) is 5.16. The van der Waals surface area contributed by atoms with Gasteiger partial charge in [-0.2, -0.15) is 0 Å². The molecule has 0 fully saturated rings. The Hall–Kier alpha value is -1.36. The Labute approximate surface area is 144 Å². The van der Waals surface area contributed by atoms with Gasteiger partial charge < -0.3 is 10.6 Å². The monoisotopic (exact) mass is 380 g/mol. The van der Waals surface area contributed by atoms with E-state index < -0.39 is 0 Å². The molecule has 0 unspecified atom stereocenters. The number of hydrogen-bond acceptors (Lipinski definition) is 2. The summed E-state index contributed by atoms with van der Waals surface area (Å²) in [5.41, 5.74) is 2.88. The predicted molar refractivity (Wildman–Crippen MR) is 95.4 cm³/mol. The number of rotatable bonds is 5. The van der Waals surface area contributed by atoms with Crippen LogP contribution in [0.2, 0.25) is 5.02 Å². The van der Waals surface area contributed by atoms with Crippen molar-refractivity contribution >= 4 is 39.1 Å². The highest BCUT2D eigenvalue weighted by Crippen LogP contribution is 2.24. The Morgan fingerprint density at radius 3 is 2.68 bits per heavy atom. The highest BCUT2D eigenvalue weighted by Gasteiger charge is 2.11. The highest BCUT2D eigenvalue weighted by molar-refractivity contribution is 9.10. The summed E-state index contributed by atoms with van der Waals surface area (Å²) in [6, 6.07) is 13.4. The molecule has 0 heterocycles. The van der Waals surface area contributed by atoms with E-state index >= 15 is 0 Å². The van der Waals surface area contributed by atoms with Crippen LogP contribution in [-0.2, 0) is 4.79 Å². The van der Waals surface area contributed by atoms with Crippen LogP contribution in [0.15, 0.2) is 46.9 Å². The average Bonchev–Trinajstić information content (AvgIpc) is 2.48. The molecule has 2 aromatic carbocycles. The number of hydrogen-bond donors (Lipinski definition) is 2. The summed E-state index contributed by atoms with van der Waals surface area (Å²) < 4.78 is 0.875. The normalized spacial score (nSPS) is 12.0. The fourth-order valence-corrected chi connectivity index (χ4v) is 2.99. The van der Waals surface area contributed by atoms with E-state index in [1.165, 1.54) is 0 Å². The molecule has 3 nitrogen and oxygen atoms in total. The molecule has 0 aliphatic carbocycles. The molecule has 0 spiro atoms. The van der Waals surface area contributed by atoms with Gasteiger partial charge in [-0.25, -0.2) is 0 Å². The zero-order chi connectivity index (χ0) is 16.1. The van der Waals surface area contributed by atoms with Crippen LogP contribution >= 0.6 is 27.5 Å². The maximum Gasteiger partial charge on any atom is 0.238 e. The minimum absolute atomic E-state index is 0.000841. The molecule has 0 radical (unpaired) electrons. The Kier molecular flexibility index (Phi) is 6.00. The van der Waals surface area contributed by atoms with E-state index in [1.54, 1.807) is 0 Å². The van der Waals surface area contributed by atoms with Crippen LogP contribution < -0.4 is 10.6 Å². The van der Waals surface area contributed by atoms with Crippen LogP contribution in [0.4, 0.5) is 5.69 Å². The number of aryl methyl sites for hydroxylation is 1. The van der Waals surface area contributed by atoms with Crippen LogP contribution in [-0.4, -0.2) is 12.5 Å². The molecule has 5 heteroatoms. The lowest BCUT2D eigenvalue weighted by Gasteiger charge is -2.16. The van der Waals surface area contributed by atoms with Crippen molar-refractivity contribution in [2.24, 2.45) is 0 Å². The maximum absolute atomic E-state index is 12.0. The van der Waals surface area contributed by atoms with E-state index in [-0.39, 0.29) is 18.5 Å². The second kappa shape index (κ2) is 7.77. The van der Waals surface area contributed by atoms with Crippen molar-refractivity contribution < 1.29 is 4.79 Å². The standard InChI is InChI=1S/C17H18BrClN2O/c1-11-7-8-16(14(18)9-11)21-17(22)10-20-12(2)13-5-3-4-6-15(13)19/h3-9,12,20H,10H2,1-2H3,(H,21,22)/t12-/m0/s1. The van der Waals surface area contributed by atoms with E-state index in [2.05, 4.69) is 26.6 Å². The smallest absolute Gasteiger partial charge is 0.238 e. The number of nitrogens with one attached hydrogen (secondary N) is 2. The van der Waals surface area contributed by atoms with Crippen molar-refractivity contribution in [3.63, 3.8) is 0 Å². The molecule has 2 aromatic rings. The van der Waals surface area contributed by atoms with Gasteiger partial charge in [-0.05, 0) is 59.1 Å². The molecular formula is C17H18BrClN2O. The number of benzene rings is 2. The summed E-state index contributed by atoms with van der Waals surface area (Å²) in [7, 11) is 0. The predicted octanol–water partition coefficient (Wildman–Crippen LogP) is 4.70. The van der Waals surface area contributed by atoms with Crippen LogP contribution in [0.5, 0.6) is 0 Å². The van der Waals surface area contributed by atoms with Gasteiger partial charge in [0.15, 0.2) is 0 Å². The Balaban J connectivity index is 1.91. The zero-order valence-corrected chi connectivity index (χ0v) is 14.8. The third-order valence-electron chi connectivity index (χ3n) is 3.34. The maximum atomic E-state index is 12.0. The first kappa shape index (κ1) is 17.0. The molecule has 0 aliphatic rings. The van der Waals surface area contributed by atoms with E-state index in [9.17, 15) is 4.79 Å². The summed E-state index contributed by atoms with van der Waals surface area (Å²) in [4.78, 5) is 12.0. The third kappa shape index (κ3) is 4.57. The first-order chi connectivity index (χ1) is 10.5. The highest BCUT2D eigenvalue weighted by atomic mass is 79.9. The van der Waals surface area contributed by atoms with Crippen LogP contribution in [0.3, 0.4) is 0 Å². The number of carbonyl (C=O) groups is 1. The lowest BCUT2D eigenvalue weighted by molar-refractivity contribution is -0.115. The van der Waals surface area contributed by atoms with Crippen molar-refractivity contribution in [2.45, 2.75) is 19.9 Å². The van der Waals surface area contributed by atoms with Gasteiger partial charge in [-0.15, -0.1) is 0 Å². The van der Waals surface area contributed by atoms with E-state index in [0.717, 1.165) is 21.3 Å². The van der Waals surface area contributed by atoms with E-state index in [4.69, 9.17) is 11.6 Å². The molecule has 22 heavy (non-hydrogen) atoms. The Morgan fingerprint density at radius 2 is 2.00 bits per heavy atom.